The maximum absolute atomic E-state index is 13.4. The van der Waals surface area contributed by atoms with E-state index in [1.54, 1.807) is 18.5 Å². The van der Waals surface area contributed by atoms with Gasteiger partial charge in [0.1, 0.15) is 5.82 Å². The largest absolute Gasteiger partial charge is 0.378 e. The van der Waals surface area contributed by atoms with Gasteiger partial charge in [-0.2, -0.15) is 4.39 Å². The summed E-state index contributed by atoms with van der Waals surface area (Å²) in [5.74, 6) is -2.06. The third kappa shape index (κ3) is 2.45. The fourth-order valence-corrected chi connectivity index (χ4v) is 1.48. The number of hydrogen-bond acceptors (Lipinski definition) is 3. The zero-order chi connectivity index (χ0) is 13.1. The Kier molecular flexibility index (Phi) is 3.22. The normalized spacial score (nSPS) is 10.3. The second-order valence-electron chi connectivity index (χ2n) is 3.61. The highest BCUT2D eigenvalue weighted by molar-refractivity contribution is 5.53. The van der Waals surface area contributed by atoms with Gasteiger partial charge in [-0.15, -0.1) is 0 Å². The fourth-order valence-electron chi connectivity index (χ4n) is 1.48. The minimum Gasteiger partial charge on any atom is -0.378 e. The molecule has 18 heavy (non-hydrogen) atoms. The van der Waals surface area contributed by atoms with Gasteiger partial charge in [0.05, 0.1) is 10.6 Å². The lowest BCUT2D eigenvalue weighted by Gasteiger charge is -2.06. The SMILES string of the molecule is O=[N+]([O-])c1cc(NCc2cc[nH]c2)c(F)cc1F. The van der Waals surface area contributed by atoms with Crippen LogP contribution < -0.4 is 5.32 Å². The lowest BCUT2D eigenvalue weighted by molar-refractivity contribution is -0.387. The van der Waals surface area contributed by atoms with E-state index in [1.165, 1.54) is 0 Å². The average molecular weight is 253 g/mol. The number of benzene rings is 1. The van der Waals surface area contributed by atoms with E-state index in [9.17, 15) is 18.9 Å². The summed E-state index contributed by atoms with van der Waals surface area (Å²) in [5.41, 5.74) is -0.0151. The maximum atomic E-state index is 13.4. The second kappa shape index (κ2) is 4.82. The van der Waals surface area contributed by atoms with E-state index in [2.05, 4.69) is 10.3 Å². The van der Waals surface area contributed by atoms with E-state index in [-0.39, 0.29) is 12.2 Å². The predicted molar refractivity (Wildman–Crippen MR) is 61.1 cm³/mol. The quantitative estimate of drug-likeness (QED) is 0.650. The van der Waals surface area contributed by atoms with E-state index >= 15 is 0 Å². The first kappa shape index (κ1) is 12.0. The number of aromatic amines is 1. The molecule has 0 amide bonds. The molecule has 0 atom stereocenters. The standard InChI is InChI=1S/C11H9F2N3O2/c12-8-3-9(13)11(16(17)18)4-10(8)15-6-7-1-2-14-5-7/h1-5,14-15H,6H2. The highest BCUT2D eigenvalue weighted by Gasteiger charge is 2.18. The van der Waals surface area contributed by atoms with Gasteiger partial charge in [-0.05, 0) is 11.6 Å². The number of nitro benzene ring substituents is 1. The summed E-state index contributed by atoms with van der Waals surface area (Å²) in [5, 5.41) is 13.2. The van der Waals surface area contributed by atoms with Crippen molar-refractivity contribution in [3.63, 3.8) is 0 Å². The topological polar surface area (TPSA) is 71.0 Å². The van der Waals surface area contributed by atoms with Crippen molar-refractivity contribution >= 4 is 11.4 Å². The summed E-state index contributed by atoms with van der Waals surface area (Å²) in [6.07, 6.45) is 3.39. The first-order chi connectivity index (χ1) is 8.58. The predicted octanol–water partition coefficient (Wildman–Crippen LogP) is 2.81. The van der Waals surface area contributed by atoms with Gasteiger partial charge in [-0.1, -0.05) is 0 Å². The number of H-pyrrole nitrogens is 1. The number of nitrogens with zero attached hydrogens (tertiary/aromatic N) is 1. The van der Waals surface area contributed by atoms with Crippen molar-refractivity contribution in [2.24, 2.45) is 0 Å². The molecule has 2 N–H and O–H groups in total. The Bertz CT molecular complexity index is 570. The van der Waals surface area contributed by atoms with Crippen LogP contribution in [0.25, 0.3) is 0 Å². The number of nitrogens with one attached hydrogen (secondary N) is 2. The molecule has 5 nitrogen and oxygen atoms in total. The summed E-state index contributed by atoms with van der Waals surface area (Å²) in [6.45, 7) is 0.281. The van der Waals surface area contributed by atoms with Crippen molar-refractivity contribution in [1.82, 2.24) is 4.98 Å². The van der Waals surface area contributed by atoms with E-state index in [0.29, 0.717) is 6.07 Å². The van der Waals surface area contributed by atoms with E-state index in [4.69, 9.17) is 0 Å². The van der Waals surface area contributed by atoms with Crippen molar-refractivity contribution in [3.05, 3.63) is 57.9 Å². The lowest BCUT2D eigenvalue weighted by atomic mass is 10.2. The Hall–Kier alpha value is -2.44. The van der Waals surface area contributed by atoms with E-state index in [1.807, 2.05) is 0 Å². The molecule has 0 spiro atoms. The van der Waals surface area contributed by atoms with Crippen LogP contribution in [0.3, 0.4) is 0 Å². The van der Waals surface area contributed by atoms with Crippen LogP contribution in [0.1, 0.15) is 5.56 Å². The number of hydrogen-bond donors (Lipinski definition) is 2. The zero-order valence-corrected chi connectivity index (χ0v) is 9.11. The maximum Gasteiger partial charge on any atom is 0.307 e. The summed E-state index contributed by atoms with van der Waals surface area (Å²) in [7, 11) is 0. The molecule has 2 rings (SSSR count). The monoisotopic (exact) mass is 253 g/mol. The molecule has 0 bridgehead atoms. The molecule has 7 heteroatoms. The molecule has 0 aliphatic rings. The van der Waals surface area contributed by atoms with Crippen LogP contribution in [0.15, 0.2) is 30.6 Å². The summed E-state index contributed by atoms with van der Waals surface area (Å²) in [4.78, 5) is 12.5. The van der Waals surface area contributed by atoms with Crippen molar-refractivity contribution in [2.75, 3.05) is 5.32 Å². The van der Waals surface area contributed by atoms with Crippen LogP contribution in [-0.4, -0.2) is 9.91 Å². The molecular formula is C11H9F2N3O2. The van der Waals surface area contributed by atoms with Crippen LogP contribution in [0.2, 0.25) is 0 Å². The summed E-state index contributed by atoms with van der Waals surface area (Å²) in [6, 6.07) is 3.11. The Morgan fingerprint density at radius 2 is 2.11 bits per heavy atom. The fraction of sp³-hybridized carbons (Fsp3) is 0.0909. The second-order valence-corrected chi connectivity index (χ2v) is 3.61. The molecule has 94 valence electrons. The van der Waals surface area contributed by atoms with Crippen molar-refractivity contribution in [3.8, 4) is 0 Å². The Morgan fingerprint density at radius 3 is 2.72 bits per heavy atom. The van der Waals surface area contributed by atoms with Gasteiger partial charge in [0.25, 0.3) is 0 Å². The van der Waals surface area contributed by atoms with Gasteiger partial charge in [-0.25, -0.2) is 4.39 Å². The van der Waals surface area contributed by atoms with Crippen molar-refractivity contribution in [1.29, 1.82) is 0 Å². The highest BCUT2D eigenvalue weighted by atomic mass is 19.1. The molecular weight excluding hydrogens is 244 g/mol. The third-order valence-electron chi connectivity index (χ3n) is 2.38. The number of halogens is 2. The molecule has 0 saturated heterocycles. The average Bonchev–Trinajstić information content (AvgIpc) is 2.80. The third-order valence-corrected chi connectivity index (χ3v) is 2.38. The zero-order valence-electron chi connectivity index (χ0n) is 9.11. The Morgan fingerprint density at radius 1 is 1.33 bits per heavy atom. The Balaban J connectivity index is 2.22. The molecule has 0 aliphatic carbocycles. The smallest absolute Gasteiger partial charge is 0.307 e. The summed E-state index contributed by atoms with van der Waals surface area (Å²) >= 11 is 0. The molecule has 0 saturated carbocycles. The van der Waals surface area contributed by atoms with Gasteiger partial charge in [0.2, 0.25) is 5.82 Å². The van der Waals surface area contributed by atoms with Gasteiger partial charge in [0, 0.05) is 31.1 Å². The molecule has 1 heterocycles. The summed E-state index contributed by atoms with van der Waals surface area (Å²) < 4.78 is 26.5. The molecule has 1 aromatic carbocycles. The van der Waals surface area contributed by atoms with Gasteiger partial charge in [-0.3, -0.25) is 10.1 Å². The molecule has 0 unspecified atom stereocenters. The van der Waals surface area contributed by atoms with Gasteiger partial charge < -0.3 is 10.3 Å². The number of aromatic nitrogens is 1. The first-order valence-electron chi connectivity index (χ1n) is 5.07. The van der Waals surface area contributed by atoms with Crippen LogP contribution in [0.4, 0.5) is 20.2 Å². The first-order valence-corrected chi connectivity index (χ1v) is 5.07. The Labute approximate surface area is 101 Å². The molecule has 0 radical (unpaired) electrons. The van der Waals surface area contributed by atoms with Crippen LogP contribution >= 0.6 is 0 Å². The number of anilines is 1. The number of nitro groups is 1. The molecule has 0 aliphatic heterocycles. The van der Waals surface area contributed by atoms with Crippen molar-refractivity contribution < 1.29 is 13.7 Å². The van der Waals surface area contributed by atoms with Gasteiger partial charge >= 0.3 is 5.69 Å². The van der Waals surface area contributed by atoms with Crippen LogP contribution in [0.5, 0.6) is 0 Å². The van der Waals surface area contributed by atoms with Crippen LogP contribution in [-0.2, 0) is 6.54 Å². The minimum atomic E-state index is -1.19. The molecule has 2 aromatic rings. The van der Waals surface area contributed by atoms with Crippen LogP contribution in [0, 0.1) is 21.7 Å². The van der Waals surface area contributed by atoms with E-state index in [0.717, 1.165) is 11.6 Å². The molecule has 0 fully saturated rings. The van der Waals surface area contributed by atoms with E-state index < -0.39 is 22.2 Å². The lowest BCUT2D eigenvalue weighted by Crippen LogP contribution is -2.03. The number of rotatable bonds is 4. The van der Waals surface area contributed by atoms with Gasteiger partial charge in [0.15, 0.2) is 0 Å². The minimum absolute atomic E-state index is 0.107. The molecule has 1 aromatic heterocycles. The van der Waals surface area contributed by atoms with Crippen molar-refractivity contribution in [2.45, 2.75) is 6.54 Å². The highest BCUT2D eigenvalue weighted by Crippen LogP contribution is 2.25.